The number of aryl methyl sites for hydroxylation is 1. The molecule has 0 aliphatic heterocycles. The van der Waals surface area contributed by atoms with Crippen LogP contribution in [0.3, 0.4) is 0 Å². The van der Waals surface area contributed by atoms with Crippen molar-refractivity contribution in [1.29, 1.82) is 0 Å². The molecule has 1 aromatic rings. The normalized spacial score (nSPS) is 25.1. The SMILES string of the molecule is CCc1ccsc1CNCC1CCCC(C)C1. The van der Waals surface area contributed by atoms with E-state index in [9.17, 15) is 0 Å². The molecule has 0 bridgehead atoms. The van der Waals surface area contributed by atoms with Crippen molar-refractivity contribution in [3.63, 3.8) is 0 Å². The van der Waals surface area contributed by atoms with E-state index >= 15 is 0 Å². The second-order valence-corrected chi connectivity index (χ2v) is 6.49. The van der Waals surface area contributed by atoms with Gasteiger partial charge in [0.15, 0.2) is 0 Å². The molecular formula is C15H25NS. The Hall–Kier alpha value is -0.340. The molecule has 2 rings (SSSR count). The van der Waals surface area contributed by atoms with Gasteiger partial charge in [0.1, 0.15) is 0 Å². The Morgan fingerprint density at radius 3 is 3.06 bits per heavy atom. The number of nitrogens with one attached hydrogen (secondary N) is 1. The van der Waals surface area contributed by atoms with Crippen LogP contribution in [0.1, 0.15) is 50.0 Å². The highest BCUT2D eigenvalue weighted by molar-refractivity contribution is 7.10. The molecule has 0 aromatic carbocycles. The zero-order valence-corrected chi connectivity index (χ0v) is 12.0. The van der Waals surface area contributed by atoms with Gasteiger partial charge in [-0.2, -0.15) is 0 Å². The lowest BCUT2D eigenvalue weighted by molar-refractivity contribution is 0.274. The van der Waals surface area contributed by atoms with Crippen molar-refractivity contribution in [2.24, 2.45) is 11.8 Å². The summed E-state index contributed by atoms with van der Waals surface area (Å²) in [4.78, 5) is 1.54. The molecular weight excluding hydrogens is 226 g/mol. The summed E-state index contributed by atoms with van der Waals surface area (Å²) in [6.45, 7) is 6.94. The summed E-state index contributed by atoms with van der Waals surface area (Å²) in [6.07, 6.45) is 6.91. The van der Waals surface area contributed by atoms with E-state index in [2.05, 4.69) is 30.6 Å². The molecule has 1 nitrogen and oxygen atoms in total. The largest absolute Gasteiger partial charge is 0.312 e. The highest BCUT2D eigenvalue weighted by Crippen LogP contribution is 2.28. The van der Waals surface area contributed by atoms with Crippen LogP contribution in [0.15, 0.2) is 11.4 Å². The average Bonchev–Trinajstić information content (AvgIpc) is 2.77. The van der Waals surface area contributed by atoms with E-state index in [1.54, 1.807) is 0 Å². The standard InChI is InChI=1S/C15H25NS/c1-3-14-7-8-17-15(14)11-16-10-13-6-4-5-12(2)9-13/h7-8,12-13,16H,3-6,9-11H2,1-2H3. The van der Waals surface area contributed by atoms with E-state index in [1.165, 1.54) is 49.1 Å². The lowest BCUT2D eigenvalue weighted by Crippen LogP contribution is -2.26. The number of hydrogen-bond donors (Lipinski definition) is 1. The minimum Gasteiger partial charge on any atom is -0.312 e. The molecule has 2 unspecified atom stereocenters. The molecule has 2 atom stereocenters. The smallest absolute Gasteiger partial charge is 0.0302 e. The van der Waals surface area contributed by atoms with Crippen LogP contribution >= 0.6 is 11.3 Å². The number of rotatable bonds is 5. The van der Waals surface area contributed by atoms with Gasteiger partial charge in [-0.3, -0.25) is 0 Å². The molecule has 1 fully saturated rings. The molecule has 1 aliphatic rings. The van der Waals surface area contributed by atoms with Crippen molar-refractivity contribution in [1.82, 2.24) is 5.32 Å². The first-order valence-corrected chi connectivity index (χ1v) is 7.93. The van der Waals surface area contributed by atoms with Gasteiger partial charge in [-0.05, 0) is 54.7 Å². The summed E-state index contributed by atoms with van der Waals surface area (Å²) in [5.41, 5.74) is 1.53. The molecule has 17 heavy (non-hydrogen) atoms. The lowest BCUT2D eigenvalue weighted by atomic mass is 9.82. The van der Waals surface area contributed by atoms with E-state index in [4.69, 9.17) is 0 Å². The maximum absolute atomic E-state index is 3.66. The first kappa shape index (κ1) is 13.1. The van der Waals surface area contributed by atoms with Gasteiger partial charge >= 0.3 is 0 Å². The Balaban J connectivity index is 1.72. The molecule has 0 radical (unpaired) electrons. The Kier molecular flexibility index (Phi) is 5.05. The predicted octanol–water partition coefficient (Wildman–Crippen LogP) is 4.23. The third kappa shape index (κ3) is 3.82. The molecule has 1 N–H and O–H groups in total. The van der Waals surface area contributed by atoms with Gasteiger partial charge < -0.3 is 5.32 Å². The molecule has 96 valence electrons. The zero-order chi connectivity index (χ0) is 12.1. The Labute approximate surface area is 110 Å². The monoisotopic (exact) mass is 251 g/mol. The van der Waals surface area contributed by atoms with Crippen molar-refractivity contribution in [3.8, 4) is 0 Å². The summed E-state index contributed by atoms with van der Waals surface area (Å²) >= 11 is 1.90. The second kappa shape index (κ2) is 6.55. The second-order valence-electron chi connectivity index (χ2n) is 5.49. The van der Waals surface area contributed by atoms with Gasteiger partial charge in [0.05, 0.1) is 0 Å². The van der Waals surface area contributed by atoms with Gasteiger partial charge in [-0.25, -0.2) is 0 Å². The minimum absolute atomic E-state index is 0.920. The van der Waals surface area contributed by atoms with Crippen molar-refractivity contribution in [3.05, 3.63) is 21.9 Å². The quantitative estimate of drug-likeness (QED) is 0.826. The molecule has 1 aromatic heterocycles. The highest BCUT2D eigenvalue weighted by atomic mass is 32.1. The summed E-state index contributed by atoms with van der Waals surface area (Å²) in [6, 6.07) is 2.27. The fourth-order valence-electron chi connectivity index (χ4n) is 2.97. The van der Waals surface area contributed by atoms with E-state index in [-0.39, 0.29) is 0 Å². The van der Waals surface area contributed by atoms with Crippen LogP contribution < -0.4 is 5.32 Å². The van der Waals surface area contributed by atoms with Gasteiger partial charge in [-0.15, -0.1) is 11.3 Å². The van der Waals surface area contributed by atoms with E-state index in [0.717, 1.165) is 18.4 Å². The molecule has 1 saturated carbocycles. The Morgan fingerprint density at radius 2 is 2.29 bits per heavy atom. The van der Waals surface area contributed by atoms with E-state index < -0.39 is 0 Å². The van der Waals surface area contributed by atoms with Crippen LogP contribution in [0.4, 0.5) is 0 Å². The van der Waals surface area contributed by atoms with E-state index in [0.29, 0.717) is 0 Å². The van der Waals surface area contributed by atoms with Crippen LogP contribution in [0.5, 0.6) is 0 Å². The van der Waals surface area contributed by atoms with E-state index in [1.807, 2.05) is 11.3 Å². The Morgan fingerprint density at radius 1 is 1.41 bits per heavy atom. The third-order valence-electron chi connectivity index (χ3n) is 3.98. The summed E-state index contributed by atoms with van der Waals surface area (Å²) in [5, 5.41) is 5.88. The fourth-order valence-corrected chi connectivity index (χ4v) is 3.92. The summed E-state index contributed by atoms with van der Waals surface area (Å²) < 4.78 is 0. The lowest BCUT2D eigenvalue weighted by Gasteiger charge is -2.26. The topological polar surface area (TPSA) is 12.0 Å². The van der Waals surface area contributed by atoms with Crippen molar-refractivity contribution < 1.29 is 0 Å². The molecule has 0 spiro atoms. The summed E-state index contributed by atoms with van der Waals surface area (Å²) in [5.74, 6) is 1.87. The van der Waals surface area contributed by atoms with Crippen LogP contribution in [-0.2, 0) is 13.0 Å². The van der Waals surface area contributed by atoms with Crippen molar-refractivity contribution in [2.45, 2.75) is 52.5 Å². The van der Waals surface area contributed by atoms with Crippen LogP contribution in [0.25, 0.3) is 0 Å². The van der Waals surface area contributed by atoms with Crippen LogP contribution in [-0.4, -0.2) is 6.54 Å². The predicted molar refractivity (Wildman–Crippen MR) is 76.5 cm³/mol. The van der Waals surface area contributed by atoms with Crippen LogP contribution in [0.2, 0.25) is 0 Å². The highest BCUT2D eigenvalue weighted by Gasteiger charge is 2.18. The van der Waals surface area contributed by atoms with Gasteiger partial charge in [0, 0.05) is 11.4 Å². The Bertz CT molecular complexity index is 331. The van der Waals surface area contributed by atoms with Crippen molar-refractivity contribution >= 4 is 11.3 Å². The van der Waals surface area contributed by atoms with Gasteiger partial charge in [0.2, 0.25) is 0 Å². The number of hydrogen-bond acceptors (Lipinski definition) is 2. The first-order chi connectivity index (χ1) is 8.29. The molecule has 2 heteroatoms. The summed E-state index contributed by atoms with van der Waals surface area (Å²) in [7, 11) is 0. The fraction of sp³-hybridized carbons (Fsp3) is 0.733. The molecule has 1 aliphatic carbocycles. The maximum atomic E-state index is 3.66. The first-order valence-electron chi connectivity index (χ1n) is 7.05. The van der Waals surface area contributed by atoms with Gasteiger partial charge in [-0.1, -0.05) is 26.7 Å². The van der Waals surface area contributed by atoms with Crippen molar-refractivity contribution in [2.75, 3.05) is 6.54 Å². The third-order valence-corrected chi connectivity index (χ3v) is 4.95. The molecule has 0 amide bonds. The minimum atomic E-state index is 0.920. The van der Waals surface area contributed by atoms with Gasteiger partial charge in [0.25, 0.3) is 0 Å². The molecule has 0 saturated heterocycles. The average molecular weight is 251 g/mol. The molecule has 1 heterocycles. The maximum Gasteiger partial charge on any atom is 0.0302 e. The number of thiophene rings is 1. The van der Waals surface area contributed by atoms with Crippen LogP contribution in [0, 0.1) is 11.8 Å². The zero-order valence-electron chi connectivity index (χ0n) is 11.2.